The van der Waals surface area contributed by atoms with Crippen LogP contribution in [0, 0.1) is 0 Å². The standard InChI is InChI=1S/C16H26N2O2/c1-2-15-13-19-11-9-18(15)8-5-10-20-16-7-4-3-6-14(16)12-17/h3-4,6-7,15H,2,5,8-13,17H2,1H3. The van der Waals surface area contributed by atoms with Crippen LogP contribution < -0.4 is 10.5 Å². The van der Waals surface area contributed by atoms with Crippen molar-refractivity contribution in [1.29, 1.82) is 0 Å². The average molecular weight is 278 g/mol. The van der Waals surface area contributed by atoms with Crippen molar-refractivity contribution in [1.82, 2.24) is 4.90 Å². The molecular formula is C16H26N2O2. The smallest absolute Gasteiger partial charge is 0.123 e. The van der Waals surface area contributed by atoms with Crippen LogP contribution >= 0.6 is 0 Å². The fourth-order valence-electron chi connectivity index (χ4n) is 2.62. The van der Waals surface area contributed by atoms with Gasteiger partial charge in [-0.15, -0.1) is 0 Å². The highest BCUT2D eigenvalue weighted by atomic mass is 16.5. The third kappa shape index (κ3) is 4.20. The molecule has 0 saturated carbocycles. The number of benzene rings is 1. The molecule has 1 heterocycles. The third-order valence-electron chi connectivity index (χ3n) is 3.86. The van der Waals surface area contributed by atoms with Crippen LogP contribution in [0.2, 0.25) is 0 Å². The van der Waals surface area contributed by atoms with Gasteiger partial charge in [-0.25, -0.2) is 0 Å². The summed E-state index contributed by atoms with van der Waals surface area (Å²) in [5.74, 6) is 0.920. The molecule has 4 heteroatoms. The molecule has 1 fully saturated rings. The Morgan fingerprint density at radius 3 is 3.05 bits per heavy atom. The lowest BCUT2D eigenvalue weighted by molar-refractivity contribution is -0.0102. The second-order valence-electron chi connectivity index (χ2n) is 5.19. The molecule has 2 rings (SSSR count). The lowest BCUT2D eigenvalue weighted by atomic mass is 10.1. The van der Waals surface area contributed by atoms with E-state index in [0.717, 1.165) is 57.1 Å². The van der Waals surface area contributed by atoms with Crippen LogP contribution in [-0.2, 0) is 11.3 Å². The Balaban J connectivity index is 1.73. The largest absolute Gasteiger partial charge is 0.493 e. The Morgan fingerprint density at radius 1 is 1.40 bits per heavy atom. The normalized spacial score (nSPS) is 20.0. The minimum absolute atomic E-state index is 0.525. The quantitative estimate of drug-likeness (QED) is 0.775. The van der Waals surface area contributed by atoms with Gasteiger partial charge in [0.2, 0.25) is 0 Å². The number of hydrogen-bond acceptors (Lipinski definition) is 4. The van der Waals surface area contributed by atoms with Gasteiger partial charge in [-0.2, -0.15) is 0 Å². The highest BCUT2D eigenvalue weighted by molar-refractivity contribution is 5.32. The Kier molecular flexibility index (Phi) is 6.30. The molecule has 1 aromatic carbocycles. The first kappa shape index (κ1) is 15.3. The van der Waals surface area contributed by atoms with E-state index < -0.39 is 0 Å². The number of rotatable bonds is 7. The molecule has 4 nitrogen and oxygen atoms in total. The van der Waals surface area contributed by atoms with Crippen LogP contribution in [0.1, 0.15) is 25.3 Å². The van der Waals surface area contributed by atoms with E-state index in [1.165, 1.54) is 0 Å². The molecule has 0 aliphatic carbocycles. The molecule has 0 radical (unpaired) electrons. The zero-order chi connectivity index (χ0) is 14.2. The summed E-state index contributed by atoms with van der Waals surface area (Å²) in [5, 5.41) is 0. The van der Waals surface area contributed by atoms with Gasteiger partial charge in [-0.05, 0) is 18.9 Å². The highest BCUT2D eigenvalue weighted by Gasteiger charge is 2.20. The van der Waals surface area contributed by atoms with Gasteiger partial charge in [0.1, 0.15) is 5.75 Å². The van der Waals surface area contributed by atoms with E-state index in [4.69, 9.17) is 15.2 Å². The number of nitrogens with zero attached hydrogens (tertiary/aromatic N) is 1. The lowest BCUT2D eigenvalue weighted by Crippen LogP contribution is -2.45. The van der Waals surface area contributed by atoms with Crippen LogP contribution in [-0.4, -0.2) is 43.9 Å². The van der Waals surface area contributed by atoms with Gasteiger partial charge >= 0.3 is 0 Å². The third-order valence-corrected chi connectivity index (χ3v) is 3.86. The maximum Gasteiger partial charge on any atom is 0.123 e. The summed E-state index contributed by atoms with van der Waals surface area (Å²) in [6, 6.07) is 8.56. The summed E-state index contributed by atoms with van der Waals surface area (Å²) in [6.45, 7) is 7.33. The molecule has 0 bridgehead atoms. The number of morpholine rings is 1. The Hall–Kier alpha value is -1.10. The van der Waals surface area contributed by atoms with E-state index in [-0.39, 0.29) is 0 Å². The highest BCUT2D eigenvalue weighted by Crippen LogP contribution is 2.17. The minimum Gasteiger partial charge on any atom is -0.493 e. The first-order chi connectivity index (χ1) is 9.85. The van der Waals surface area contributed by atoms with E-state index >= 15 is 0 Å². The number of hydrogen-bond donors (Lipinski definition) is 1. The van der Waals surface area contributed by atoms with Crippen molar-refractivity contribution >= 4 is 0 Å². The molecule has 1 unspecified atom stereocenters. The van der Waals surface area contributed by atoms with Gasteiger partial charge in [-0.1, -0.05) is 25.1 Å². The SMILES string of the molecule is CCC1COCCN1CCCOc1ccccc1CN. The second kappa shape index (κ2) is 8.25. The maximum atomic E-state index is 5.85. The maximum absolute atomic E-state index is 5.85. The number of nitrogens with two attached hydrogens (primary N) is 1. The average Bonchev–Trinajstić information content (AvgIpc) is 2.52. The summed E-state index contributed by atoms with van der Waals surface area (Å²) in [5.41, 5.74) is 6.78. The summed E-state index contributed by atoms with van der Waals surface area (Å²) < 4.78 is 11.4. The molecule has 1 aliphatic heterocycles. The van der Waals surface area contributed by atoms with Gasteiger partial charge < -0.3 is 15.2 Å². The van der Waals surface area contributed by atoms with E-state index in [0.29, 0.717) is 12.6 Å². The van der Waals surface area contributed by atoms with Crippen molar-refractivity contribution in [3.8, 4) is 5.75 Å². The predicted octanol–water partition coefficient (Wildman–Crippen LogP) is 2.03. The number of ether oxygens (including phenoxy) is 2. The molecule has 20 heavy (non-hydrogen) atoms. The Morgan fingerprint density at radius 2 is 2.25 bits per heavy atom. The van der Waals surface area contributed by atoms with Crippen molar-refractivity contribution in [2.45, 2.75) is 32.4 Å². The lowest BCUT2D eigenvalue weighted by Gasteiger charge is -2.34. The summed E-state index contributed by atoms with van der Waals surface area (Å²) in [6.07, 6.45) is 2.19. The van der Waals surface area contributed by atoms with Crippen LogP contribution in [0.4, 0.5) is 0 Å². The molecule has 1 aliphatic rings. The zero-order valence-corrected chi connectivity index (χ0v) is 12.4. The van der Waals surface area contributed by atoms with Crippen molar-refractivity contribution < 1.29 is 9.47 Å². The fraction of sp³-hybridized carbons (Fsp3) is 0.625. The molecule has 0 aromatic heterocycles. The summed E-state index contributed by atoms with van der Waals surface area (Å²) in [7, 11) is 0. The molecule has 1 aromatic rings. The molecule has 1 atom stereocenters. The van der Waals surface area contributed by atoms with Gasteiger partial charge in [0, 0.05) is 31.2 Å². The zero-order valence-electron chi connectivity index (χ0n) is 12.4. The summed E-state index contributed by atoms with van der Waals surface area (Å²) >= 11 is 0. The van der Waals surface area contributed by atoms with Crippen molar-refractivity contribution in [2.24, 2.45) is 5.73 Å². The van der Waals surface area contributed by atoms with E-state index in [9.17, 15) is 0 Å². The molecule has 112 valence electrons. The predicted molar refractivity (Wildman–Crippen MR) is 80.9 cm³/mol. The van der Waals surface area contributed by atoms with Crippen molar-refractivity contribution in [2.75, 3.05) is 32.9 Å². The minimum atomic E-state index is 0.525. The molecule has 0 amide bonds. The first-order valence-electron chi connectivity index (χ1n) is 7.57. The van der Waals surface area contributed by atoms with Gasteiger partial charge in [-0.3, -0.25) is 4.90 Å². The molecule has 0 spiro atoms. The molecular weight excluding hydrogens is 252 g/mol. The second-order valence-corrected chi connectivity index (χ2v) is 5.19. The molecule has 1 saturated heterocycles. The Labute approximate surface area is 121 Å². The van der Waals surface area contributed by atoms with E-state index in [2.05, 4.69) is 11.8 Å². The van der Waals surface area contributed by atoms with Crippen LogP contribution in [0.5, 0.6) is 5.75 Å². The monoisotopic (exact) mass is 278 g/mol. The fourth-order valence-corrected chi connectivity index (χ4v) is 2.62. The Bertz CT molecular complexity index is 398. The van der Waals surface area contributed by atoms with Gasteiger partial charge in [0.25, 0.3) is 0 Å². The van der Waals surface area contributed by atoms with E-state index in [1.807, 2.05) is 24.3 Å². The van der Waals surface area contributed by atoms with Crippen molar-refractivity contribution in [3.05, 3.63) is 29.8 Å². The van der Waals surface area contributed by atoms with E-state index in [1.54, 1.807) is 0 Å². The topological polar surface area (TPSA) is 47.7 Å². The van der Waals surface area contributed by atoms with Crippen molar-refractivity contribution in [3.63, 3.8) is 0 Å². The van der Waals surface area contributed by atoms with Gasteiger partial charge in [0.15, 0.2) is 0 Å². The summed E-state index contributed by atoms with van der Waals surface area (Å²) in [4.78, 5) is 2.52. The first-order valence-corrected chi connectivity index (χ1v) is 7.57. The van der Waals surface area contributed by atoms with Crippen LogP contribution in [0.25, 0.3) is 0 Å². The van der Waals surface area contributed by atoms with Crippen LogP contribution in [0.3, 0.4) is 0 Å². The van der Waals surface area contributed by atoms with Gasteiger partial charge in [0.05, 0.1) is 19.8 Å². The molecule has 2 N–H and O–H groups in total. The number of para-hydroxylation sites is 1. The van der Waals surface area contributed by atoms with Crippen LogP contribution in [0.15, 0.2) is 24.3 Å².